The number of imidazole rings is 1. The summed E-state index contributed by atoms with van der Waals surface area (Å²) in [6.07, 6.45) is 4.59. The van der Waals surface area contributed by atoms with Crippen molar-refractivity contribution < 1.29 is 4.74 Å². The van der Waals surface area contributed by atoms with Crippen molar-refractivity contribution in [2.75, 3.05) is 31.2 Å². The van der Waals surface area contributed by atoms with E-state index < -0.39 is 0 Å². The molecule has 1 saturated carbocycles. The minimum absolute atomic E-state index is 0.461. The van der Waals surface area contributed by atoms with Crippen LogP contribution < -0.4 is 4.90 Å². The van der Waals surface area contributed by atoms with Crippen molar-refractivity contribution in [2.24, 2.45) is 5.92 Å². The second kappa shape index (κ2) is 6.52. The summed E-state index contributed by atoms with van der Waals surface area (Å²) in [6.45, 7) is 4.00. The number of halogens is 1. The summed E-state index contributed by atoms with van der Waals surface area (Å²) in [5, 5.41) is 0.461. The molecule has 0 unspecified atom stereocenters. The van der Waals surface area contributed by atoms with Crippen molar-refractivity contribution in [3.8, 4) is 11.3 Å². The van der Waals surface area contributed by atoms with E-state index in [1.54, 1.807) is 0 Å². The molecule has 1 saturated heterocycles. The lowest BCUT2D eigenvalue weighted by Crippen LogP contribution is -2.37. The molecule has 6 nitrogen and oxygen atoms in total. The maximum Gasteiger partial charge on any atom is 0.227 e. The van der Waals surface area contributed by atoms with Gasteiger partial charge in [0.25, 0.3) is 0 Å². The van der Waals surface area contributed by atoms with Gasteiger partial charge in [-0.05, 0) is 30.9 Å². The summed E-state index contributed by atoms with van der Waals surface area (Å²) in [5.41, 5.74) is 4.04. The van der Waals surface area contributed by atoms with Crippen LogP contribution in [-0.4, -0.2) is 45.8 Å². The molecule has 5 rings (SSSR count). The lowest BCUT2D eigenvalue weighted by Gasteiger charge is -2.27. The molecule has 3 heterocycles. The predicted molar refractivity (Wildman–Crippen MR) is 102 cm³/mol. The van der Waals surface area contributed by atoms with Crippen LogP contribution in [0.5, 0.6) is 0 Å². The molecule has 0 spiro atoms. The number of fused-ring (bicyclic) bond motifs is 1. The maximum absolute atomic E-state index is 6.30. The third-order valence-electron chi connectivity index (χ3n) is 5.05. The van der Waals surface area contributed by atoms with Gasteiger partial charge in [-0.15, -0.1) is 0 Å². The van der Waals surface area contributed by atoms with Gasteiger partial charge in [-0.1, -0.05) is 17.7 Å². The van der Waals surface area contributed by atoms with E-state index in [0.29, 0.717) is 24.3 Å². The average Bonchev–Trinajstić information content (AvgIpc) is 3.41. The number of aromatic nitrogens is 4. The van der Waals surface area contributed by atoms with Gasteiger partial charge in [-0.3, -0.25) is 0 Å². The summed E-state index contributed by atoms with van der Waals surface area (Å²) in [4.78, 5) is 15.8. The van der Waals surface area contributed by atoms with Gasteiger partial charge in [-0.25, -0.2) is 15.0 Å². The highest BCUT2D eigenvalue weighted by molar-refractivity contribution is 6.29. The maximum atomic E-state index is 6.30. The Kier molecular flexibility index (Phi) is 4.02. The first-order valence-corrected chi connectivity index (χ1v) is 9.46. The summed E-state index contributed by atoms with van der Waals surface area (Å²) in [7, 11) is 0. The number of hydrogen-bond acceptors (Lipinski definition) is 5. The molecule has 2 aromatic heterocycles. The summed E-state index contributed by atoms with van der Waals surface area (Å²) < 4.78 is 7.67. The Bertz CT molecular complexity index is 946. The Morgan fingerprint density at radius 1 is 1.12 bits per heavy atom. The number of nitrogens with zero attached hydrogens (tertiary/aromatic N) is 5. The topological polar surface area (TPSA) is 56.1 Å². The molecule has 1 aromatic carbocycles. The van der Waals surface area contributed by atoms with Crippen LogP contribution in [0.4, 0.5) is 5.95 Å². The number of ether oxygens (including phenoxy) is 1. The van der Waals surface area contributed by atoms with Crippen molar-refractivity contribution in [3.63, 3.8) is 0 Å². The quantitative estimate of drug-likeness (QED) is 0.660. The monoisotopic (exact) mass is 369 g/mol. The van der Waals surface area contributed by atoms with Crippen LogP contribution in [0.15, 0.2) is 30.6 Å². The molecule has 0 atom stereocenters. The second-order valence-electron chi connectivity index (χ2n) is 7.02. The fourth-order valence-electron chi connectivity index (χ4n) is 3.40. The van der Waals surface area contributed by atoms with Crippen LogP contribution in [-0.2, 0) is 11.3 Å². The van der Waals surface area contributed by atoms with Crippen molar-refractivity contribution >= 4 is 28.6 Å². The van der Waals surface area contributed by atoms with Crippen LogP contribution in [0.3, 0.4) is 0 Å². The van der Waals surface area contributed by atoms with E-state index in [1.807, 2.05) is 12.4 Å². The summed E-state index contributed by atoms with van der Waals surface area (Å²) in [6, 6.07) is 8.10. The number of anilines is 1. The third-order valence-corrected chi connectivity index (χ3v) is 5.24. The van der Waals surface area contributed by atoms with Gasteiger partial charge < -0.3 is 14.2 Å². The molecule has 0 amide bonds. The molecule has 3 aromatic rings. The Morgan fingerprint density at radius 2 is 1.96 bits per heavy atom. The zero-order valence-corrected chi connectivity index (χ0v) is 15.2. The van der Waals surface area contributed by atoms with Crippen LogP contribution in [0.2, 0.25) is 5.15 Å². The summed E-state index contributed by atoms with van der Waals surface area (Å²) in [5.74, 6) is 1.47. The second-order valence-corrected chi connectivity index (χ2v) is 7.41. The first kappa shape index (κ1) is 16.0. The number of rotatable bonds is 4. The first-order chi connectivity index (χ1) is 12.8. The molecular weight excluding hydrogens is 350 g/mol. The highest BCUT2D eigenvalue weighted by Crippen LogP contribution is 2.32. The highest BCUT2D eigenvalue weighted by atomic mass is 35.5. The SMILES string of the molecule is Clc1cc(-c2ccc3ncn(CC4CC4)c3c2)nc(N2CCOCC2)n1. The molecule has 0 bridgehead atoms. The van der Waals surface area contributed by atoms with Crippen molar-refractivity contribution in [1.82, 2.24) is 19.5 Å². The van der Waals surface area contributed by atoms with Gasteiger partial charge in [-0.2, -0.15) is 0 Å². The molecule has 7 heteroatoms. The van der Waals surface area contributed by atoms with Gasteiger partial charge in [0.1, 0.15) is 5.15 Å². The van der Waals surface area contributed by atoms with E-state index in [-0.39, 0.29) is 0 Å². The van der Waals surface area contributed by atoms with Gasteiger partial charge in [0.05, 0.1) is 36.3 Å². The minimum atomic E-state index is 0.461. The Hall–Kier alpha value is -2.18. The number of morpholine rings is 1. The van der Waals surface area contributed by atoms with Gasteiger partial charge in [0.15, 0.2) is 0 Å². The Balaban J connectivity index is 1.52. The number of hydrogen-bond donors (Lipinski definition) is 0. The van der Waals surface area contributed by atoms with E-state index in [2.05, 4.69) is 37.6 Å². The molecule has 0 radical (unpaired) electrons. The molecule has 1 aliphatic heterocycles. The molecule has 26 heavy (non-hydrogen) atoms. The fraction of sp³-hybridized carbons (Fsp3) is 0.421. The summed E-state index contributed by atoms with van der Waals surface area (Å²) >= 11 is 6.30. The van der Waals surface area contributed by atoms with Crippen LogP contribution >= 0.6 is 11.6 Å². The number of benzene rings is 1. The van der Waals surface area contributed by atoms with Crippen LogP contribution in [0.25, 0.3) is 22.3 Å². The zero-order chi connectivity index (χ0) is 17.5. The first-order valence-electron chi connectivity index (χ1n) is 9.09. The smallest absolute Gasteiger partial charge is 0.227 e. The van der Waals surface area contributed by atoms with Crippen LogP contribution in [0, 0.1) is 5.92 Å². The van der Waals surface area contributed by atoms with Gasteiger partial charge in [0, 0.05) is 31.3 Å². The molecule has 134 valence electrons. The highest BCUT2D eigenvalue weighted by Gasteiger charge is 2.22. The van der Waals surface area contributed by atoms with Gasteiger partial charge >= 0.3 is 0 Å². The minimum Gasteiger partial charge on any atom is -0.378 e. The Labute approximate surface area is 156 Å². The molecule has 0 N–H and O–H groups in total. The van der Waals surface area contributed by atoms with E-state index in [0.717, 1.165) is 47.8 Å². The van der Waals surface area contributed by atoms with Crippen molar-refractivity contribution in [1.29, 1.82) is 0 Å². The Morgan fingerprint density at radius 3 is 2.77 bits per heavy atom. The zero-order valence-electron chi connectivity index (χ0n) is 14.4. The normalized spacial score (nSPS) is 17.8. The predicted octanol–water partition coefficient (Wildman–Crippen LogP) is 3.39. The molecule has 2 aliphatic rings. The van der Waals surface area contributed by atoms with Gasteiger partial charge in [0.2, 0.25) is 5.95 Å². The van der Waals surface area contributed by atoms with E-state index in [4.69, 9.17) is 21.3 Å². The molecule has 1 aliphatic carbocycles. The lowest BCUT2D eigenvalue weighted by molar-refractivity contribution is 0.122. The fourth-order valence-corrected chi connectivity index (χ4v) is 3.58. The average molecular weight is 370 g/mol. The van der Waals surface area contributed by atoms with E-state index in [9.17, 15) is 0 Å². The van der Waals surface area contributed by atoms with E-state index in [1.165, 1.54) is 12.8 Å². The largest absolute Gasteiger partial charge is 0.378 e. The van der Waals surface area contributed by atoms with E-state index >= 15 is 0 Å². The molecular formula is C19H20ClN5O. The third kappa shape index (κ3) is 3.15. The molecule has 2 fully saturated rings. The van der Waals surface area contributed by atoms with Crippen molar-refractivity contribution in [3.05, 3.63) is 35.7 Å². The van der Waals surface area contributed by atoms with Crippen LogP contribution in [0.1, 0.15) is 12.8 Å². The lowest BCUT2D eigenvalue weighted by atomic mass is 10.1. The van der Waals surface area contributed by atoms with Crippen molar-refractivity contribution in [2.45, 2.75) is 19.4 Å². The standard InChI is InChI=1S/C19H20ClN5O/c20-18-10-16(22-19(23-18)24-5-7-26-8-6-24)14-3-4-15-17(9-14)25(12-21-15)11-13-1-2-13/h3-4,9-10,12-13H,1-2,5-8,11H2.